The van der Waals surface area contributed by atoms with Crippen LogP contribution in [0.2, 0.25) is 0 Å². The highest BCUT2D eigenvalue weighted by Crippen LogP contribution is 2.32. The van der Waals surface area contributed by atoms with Crippen LogP contribution >= 0.6 is 0 Å². The second-order valence-corrected chi connectivity index (χ2v) is 5.77. The minimum Gasteiger partial charge on any atom is -0.381 e. The van der Waals surface area contributed by atoms with Crippen LogP contribution in [-0.2, 0) is 9.47 Å². The van der Waals surface area contributed by atoms with Crippen LogP contribution < -0.4 is 5.32 Å². The third-order valence-corrected chi connectivity index (χ3v) is 4.42. The van der Waals surface area contributed by atoms with Crippen LogP contribution in [0.3, 0.4) is 0 Å². The van der Waals surface area contributed by atoms with E-state index in [1.54, 1.807) is 0 Å². The van der Waals surface area contributed by atoms with Crippen molar-refractivity contribution in [3.63, 3.8) is 0 Å². The summed E-state index contributed by atoms with van der Waals surface area (Å²) in [5.41, 5.74) is 0.414. The van der Waals surface area contributed by atoms with Crippen molar-refractivity contribution in [1.82, 2.24) is 10.2 Å². The fourth-order valence-corrected chi connectivity index (χ4v) is 3.19. The van der Waals surface area contributed by atoms with E-state index in [1.807, 2.05) is 7.11 Å². The number of nitrogens with zero attached hydrogens (tertiary/aromatic N) is 1. The van der Waals surface area contributed by atoms with Gasteiger partial charge in [-0.3, -0.25) is 0 Å². The SMILES string of the molecule is CCNCC1(CN2CCC(OC)C2)CCOCC1. The zero-order valence-electron chi connectivity index (χ0n) is 11.9. The molecule has 0 spiro atoms. The largest absolute Gasteiger partial charge is 0.381 e. The number of methoxy groups -OCH3 is 1. The molecule has 0 bridgehead atoms. The van der Waals surface area contributed by atoms with Gasteiger partial charge in [0.05, 0.1) is 6.10 Å². The minimum atomic E-state index is 0.414. The summed E-state index contributed by atoms with van der Waals surface area (Å²) in [5, 5.41) is 3.54. The minimum absolute atomic E-state index is 0.414. The van der Waals surface area contributed by atoms with E-state index in [-0.39, 0.29) is 0 Å². The fraction of sp³-hybridized carbons (Fsp3) is 1.00. The quantitative estimate of drug-likeness (QED) is 0.772. The lowest BCUT2D eigenvalue weighted by atomic mass is 9.79. The van der Waals surface area contributed by atoms with Crippen LogP contribution in [-0.4, -0.2) is 64.1 Å². The Bertz CT molecular complexity index is 242. The average molecular weight is 256 g/mol. The molecule has 2 heterocycles. The first-order valence-electron chi connectivity index (χ1n) is 7.31. The monoisotopic (exact) mass is 256 g/mol. The van der Waals surface area contributed by atoms with Gasteiger partial charge in [0.1, 0.15) is 0 Å². The lowest BCUT2D eigenvalue weighted by Gasteiger charge is -2.40. The van der Waals surface area contributed by atoms with Crippen molar-refractivity contribution in [1.29, 1.82) is 0 Å². The highest BCUT2D eigenvalue weighted by Gasteiger charge is 2.36. The van der Waals surface area contributed by atoms with E-state index < -0.39 is 0 Å². The molecule has 2 aliphatic heterocycles. The summed E-state index contributed by atoms with van der Waals surface area (Å²) in [6.45, 7) is 9.70. The van der Waals surface area contributed by atoms with Crippen LogP contribution in [0.5, 0.6) is 0 Å². The summed E-state index contributed by atoms with van der Waals surface area (Å²) in [6.07, 6.45) is 4.01. The normalized spacial score (nSPS) is 28.7. The number of hydrogen-bond acceptors (Lipinski definition) is 4. The Kier molecular flexibility index (Phi) is 5.42. The van der Waals surface area contributed by atoms with Gasteiger partial charge < -0.3 is 19.7 Å². The predicted octanol–water partition coefficient (Wildman–Crippen LogP) is 1.11. The van der Waals surface area contributed by atoms with E-state index in [4.69, 9.17) is 9.47 Å². The Balaban J connectivity index is 1.88. The van der Waals surface area contributed by atoms with Crippen molar-refractivity contribution >= 4 is 0 Å². The van der Waals surface area contributed by atoms with Crippen molar-refractivity contribution in [3.05, 3.63) is 0 Å². The summed E-state index contributed by atoms with van der Waals surface area (Å²) in [7, 11) is 1.83. The van der Waals surface area contributed by atoms with Crippen molar-refractivity contribution in [2.75, 3.05) is 53.0 Å². The van der Waals surface area contributed by atoms with E-state index in [9.17, 15) is 0 Å². The molecule has 1 N–H and O–H groups in total. The van der Waals surface area contributed by atoms with Gasteiger partial charge in [0, 0.05) is 46.5 Å². The lowest BCUT2D eigenvalue weighted by Crippen LogP contribution is -2.47. The topological polar surface area (TPSA) is 33.7 Å². The third kappa shape index (κ3) is 3.67. The van der Waals surface area contributed by atoms with Gasteiger partial charge in [0.2, 0.25) is 0 Å². The first kappa shape index (κ1) is 14.3. The first-order valence-corrected chi connectivity index (χ1v) is 7.31. The van der Waals surface area contributed by atoms with Crippen molar-refractivity contribution in [3.8, 4) is 0 Å². The summed E-state index contributed by atoms with van der Waals surface area (Å²) >= 11 is 0. The van der Waals surface area contributed by atoms with Gasteiger partial charge in [-0.1, -0.05) is 6.92 Å². The predicted molar refractivity (Wildman–Crippen MR) is 72.9 cm³/mol. The maximum absolute atomic E-state index is 5.54. The van der Waals surface area contributed by atoms with Crippen LogP contribution in [0.1, 0.15) is 26.2 Å². The number of ether oxygens (including phenoxy) is 2. The molecule has 0 aromatic heterocycles. The van der Waals surface area contributed by atoms with Crippen molar-refractivity contribution in [2.45, 2.75) is 32.3 Å². The summed E-state index contributed by atoms with van der Waals surface area (Å²) in [5.74, 6) is 0. The van der Waals surface area contributed by atoms with Crippen molar-refractivity contribution < 1.29 is 9.47 Å². The lowest BCUT2D eigenvalue weighted by molar-refractivity contribution is -0.00311. The van der Waals surface area contributed by atoms with Crippen LogP contribution in [0.15, 0.2) is 0 Å². The Hall–Kier alpha value is -0.160. The fourth-order valence-electron chi connectivity index (χ4n) is 3.19. The molecular weight excluding hydrogens is 228 g/mol. The molecule has 0 radical (unpaired) electrons. The number of hydrogen-bond donors (Lipinski definition) is 1. The van der Waals surface area contributed by atoms with Gasteiger partial charge in [-0.25, -0.2) is 0 Å². The first-order chi connectivity index (χ1) is 8.78. The number of nitrogens with one attached hydrogen (secondary N) is 1. The molecule has 106 valence electrons. The van der Waals surface area contributed by atoms with Crippen LogP contribution in [0, 0.1) is 5.41 Å². The van der Waals surface area contributed by atoms with Gasteiger partial charge in [-0.2, -0.15) is 0 Å². The van der Waals surface area contributed by atoms with Gasteiger partial charge in [0.15, 0.2) is 0 Å². The maximum atomic E-state index is 5.54. The Morgan fingerprint density at radius 2 is 2.17 bits per heavy atom. The standard InChI is InChI=1S/C14H28N2O2/c1-3-15-11-14(5-8-18-9-6-14)12-16-7-4-13(10-16)17-2/h13,15H,3-12H2,1-2H3. The molecule has 0 aliphatic carbocycles. The van der Waals surface area contributed by atoms with Crippen LogP contribution in [0.4, 0.5) is 0 Å². The van der Waals surface area contributed by atoms with Crippen LogP contribution in [0.25, 0.3) is 0 Å². The molecule has 2 fully saturated rings. The highest BCUT2D eigenvalue weighted by atomic mass is 16.5. The molecule has 1 atom stereocenters. The molecule has 0 aromatic rings. The molecule has 4 nitrogen and oxygen atoms in total. The van der Waals surface area contributed by atoms with Gasteiger partial charge >= 0.3 is 0 Å². The van der Waals surface area contributed by atoms with E-state index in [0.717, 1.165) is 32.8 Å². The number of likely N-dealkylation sites (tertiary alicyclic amines) is 1. The van der Waals surface area contributed by atoms with E-state index in [1.165, 1.54) is 32.4 Å². The Morgan fingerprint density at radius 1 is 1.39 bits per heavy atom. The average Bonchev–Trinajstić information content (AvgIpc) is 2.85. The molecular formula is C14H28N2O2. The molecule has 0 aromatic carbocycles. The van der Waals surface area contributed by atoms with Gasteiger partial charge in [-0.05, 0) is 31.2 Å². The maximum Gasteiger partial charge on any atom is 0.0710 e. The number of rotatable bonds is 6. The molecule has 18 heavy (non-hydrogen) atoms. The molecule has 0 saturated carbocycles. The van der Waals surface area contributed by atoms with Gasteiger partial charge in [-0.15, -0.1) is 0 Å². The zero-order valence-corrected chi connectivity index (χ0v) is 11.9. The molecule has 0 amide bonds. The van der Waals surface area contributed by atoms with E-state index in [0.29, 0.717) is 11.5 Å². The smallest absolute Gasteiger partial charge is 0.0710 e. The van der Waals surface area contributed by atoms with E-state index >= 15 is 0 Å². The second-order valence-electron chi connectivity index (χ2n) is 5.77. The molecule has 2 saturated heterocycles. The third-order valence-electron chi connectivity index (χ3n) is 4.42. The molecule has 2 aliphatic rings. The summed E-state index contributed by atoms with van der Waals surface area (Å²) in [6, 6.07) is 0. The Morgan fingerprint density at radius 3 is 2.78 bits per heavy atom. The second kappa shape index (κ2) is 6.85. The highest BCUT2D eigenvalue weighted by molar-refractivity contribution is 4.89. The molecule has 4 heteroatoms. The summed E-state index contributed by atoms with van der Waals surface area (Å²) < 4.78 is 11.0. The van der Waals surface area contributed by atoms with Crippen molar-refractivity contribution in [2.24, 2.45) is 5.41 Å². The zero-order chi connectivity index (χ0) is 12.8. The molecule has 1 unspecified atom stereocenters. The Labute approximate surface area is 111 Å². The molecule has 2 rings (SSSR count). The summed E-state index contributed by atoms with van der Waals surface area (Å²) in [4.78, 5) is 2.58. The van der Waals surface area contributed by atoms with E-state index in [2.05, 4.69) is 17.1 Å². The van der Waals surface area contributed by atoms with Gasteiger partial charge in [0.25, 0.3) is 0 Å².